The van der Waals surface area contributed by atoms with Crippen molar-refractivity contribution >= 4 is 35.1 Å². The molecule has 1 aromatic heterocycles. The Morgan fingerprint density at radius 1 is 0.714 bits per heavy atom. The monoisotopic (exact) mass is 415 g/mol. The number of halogens is 2. The van der Waals surface area contributed by atoms with Gasteiger partial charge in [-0.2, -0.15) is 0 Å². The smallest absolute Gasteiger partial charge is 0.357 e. The highest BCUT2D eigenvalue weighted by Gasteiger charge is 2.15. The summed E-state index contributed by atoms with van der Waals surface area (Å²) in [5.41, 5.74) is 1.52. The number of aromatic nitrogens is 1. The van der Waals surface area contributed by atoms with Crippen LogP contribution in [0.25, 0.3) is 0 Å². The molecule has 0 aliphatic rings. The first kappa shape index (κ1) is 19.9. The van der Waals surface area contributed by atoms with Gasteiger partial charge in [-0.1, -0.05) is 53.5 Å². The fraction of sp³-hybridized carbons (Fsp3) is 0.0952. The molecule has 0 aliphatic carbocycles. The maximum Gasteiger partial charge on any atom is 0.357 e. The summed E-state index contributed by atoms with van der Waals surface area (Å²) in [6, 6.07) is 18.4. The summed E-state index contributed by atoms with van der Waals surface area (Å²) in [4.78, 5) is 28.5. The summed E-state index contributed by atoms with van der Waals surface area (Å²) in [5, 5.41) is 1.10. The van der Waals surface area contributed by atoms with Gasteiger partial charge in [0.2, 0.25) is 0 Å². The van der Waals surface area contributed by atoms with Gasteiger partial charge in [-0.15, -0.1) is 0 Å². The molecule has 1 heterocycles. The first-order valence-electron chi connectivity index (χ1n) is 8.31. The van der Waals surface area contributed by atoms with E-state index in [0.717, 1.165) is 11.1 Å². The molecule has 3 aromatic rings. The number of esters is 2. The van der Waals surface area contributed by atoms with E-state index in [1.54, 1.807) is 54.6 Å². The van der Waals surface area contributed by atoms with Gasteiger partial charge in [-0.3, -0.25) is 0 Å². The number of hydrogen-bond donors (Lipinski definition) is 0. The number of carbonyl (C=O) groups is 2. The van der Waals surface area contributed by atoms with E-state index >= 15 is 0 Å². The minimum Gasteiger partial charge on any atom is -0.456 e. The molecular weight excluding hydrogens is 401 g/mol. The van der Waals surface area contributed by atoms with E-state index in [1.807, 2.05) is 0 Å². The topological polar surface area (TPSA) is 65.5 Å². The minimum atomic E-state index is -0.649. The zero-order valence-corrected chi connectivity index (χ0v) is 16.1. The molecule has 2 aromatic carbocycles. The Bertz CT molecular complexity index is 930. The Morgan fingerprint density at radius 3 is 1.57 bits per heavy atom. The largest absolute Gasteiger partial charge is 0.456 e. The quantitative estimate of drug-likeness (QED) is 0.523. The van der Waals surface area contributed by atoms with E-state index in [-0.39, 0.29) is 24.6 Å². The van der Waals surface area contributed by atoms with Crippen molar-refractivity contribution in [1.29, 1.82) is 0 Å². The van der Waals surface area contributed by atoms with Crippen LogP contribution in [0.15, 0.2) is 66.7 Å². The van der Waals surface area contributed by atoms with Crippen LogP contribution in [0.1, 0.15) is 32.1 Å². The second-order valence-electron chi connectivity index (χ2n) is 5.82. The van der Waals surface area contributed by atoms with Crippen LogP contribution >= 0.6 is 23.2 Å². The van der Waals surface area contributed by atoms with Crippen molar-refractivity contribution < 1.29 is 19.1 Å². The number of carbonyl (C=O) groups excluding carboxylic acids is 2. The van der Waals surface area contributed by atoms with E-state index in [0.29, 0.717) is 10.0 Å². The molecule has 0 aliphatic heterocycles. The Balaban J connectivity index is 1.60. The van der Waals surface area contributed by atoms with Crippen LogP contribution in [-0.2, 0) is 22.7 Å². The molecule has 7 heteroatoms. The molecule has 0 unspecified atom stereocenters. The average Bonchev–Trinajstić information content (AvgIpc) is 2.70. The maximum atomic E-state index is 12.2. The second kappa shape index (κ2) is 9.35. The lowest BCUT2D eigenvalue weighted by molar-refractivity contribution is 0.0456. The van der Waals surface area contributed by atoms with Gasteiger partial charge in [0.1, 0.15) is 24.6 Å². The van der Waals surface area contributed by atoms with Crippen molar-refractivity contribution in [3.63, 3.8) is 0 Å². The highest BCUT2D eigenvalue weighted by Crippen LogP contribution is 2.14. The average molecular weight is 416 g/mol. The van der Waals surface area contributed by atoms with Crippen LogP contribution in [0.5, 0.6) is 0 Å². The predicted molar refractivity (Wildman–Crippen MR) is 105 cm³/mol. The van der Waals surface area contributed by atoms with Gasteiger partial charge in [-0.05, 0) is 47.5 Å². The fourth-order valence-corrected chi connectivity index (χ4v) is 2.79. The second-order valence-corrected chi connectivity index (χ2v) is 6.69. The lowest BCUT2D eigenvalue weighted by Gasteiger charge is -2.07. The van der Waals surface area contributed by atoms with Gasteiger partial charge in [-0.25, -0.2) is 14.6 Å². The Hall–Kier alpha value is -2.89. The Morgan fingerprint density at radius 2 is 1.14 bits per heavy atom. The lowest BCUT2D eigenvalue weighted by atomic mass is 10.2. The molecule has 0 saturated carbocycles. The highest BCUT2D eigenvalue weighted by atomic mass is 35.5. The molecule has 0 amide bonds. The fourth-order valence-electron chi connectivity index (χ4n) is 2.36. The third-order valence-electron chi connectivity index (χ3n) is 3.69. The zero-order valence-electron chi connectivity index (χ0n) is 14.6. The van der Waals surface area contributed by atoms with E-state index < -0.39 is 11.9 Å². The molecule has 0 fully saturated rings. The molecule has 5 nitrogen and oxygen atoms in total. The van der Waals surface area contributed by atoms with E-state index in [2.05, 4.69) is 4.98 Å². The summed E-state index contributed by atoms with van der Waals surface area (Å²) in [6.07, 6.45) is 0. The van der Waals surface area contributed by atoms with Crippen LogP contribution in [0.4, 0.5) is 0 Å². The molecule has 142 valence electrons. The van der Waals surface area contributed by atoms with Gasteiger partial charge in [0, 0.05) is 10.0 Å². The first-order valence-corrected chi connectivity index (χ1v) is 9.07. The number of benzene rings is 2. The van der Waals surface area contributed by atoms with Crippen molar-refractivity contribution in [1.82, 2.24) is 4.98 Å². The van der Waals surface area contributed by atoms with Gasteiger partial charge in [0.25, 0.3) is 0 Å². The summed E-state index contributed by atoms with van der Waals surface area (Å²) < 4.78 is 10.4. The minimum absolute atomic E-state index is 0.0132. The third-order valence-corrected chi connectivity index (χ3v) is 4.16. The third kappa shape index (κ3) is 5.55. The summed E-state index contributed by atoms with van der Waals surface area (Å²) >= 11 is 11.8. The Labute approximate surface area is 171 Å². The number of rotatable bonds is 6. The molecule has 0 N–H and O–H groups in total. The van der Waals surface area contributed by atoms with Crippen molar-refractivity contribution in [3.05, 3.63) is 99.3 Å². The van der Waals surface area contributed by atoms with E-state index in [9.17, 15) is 9.59 Å². The molecule has 0 atom stereocenters. The SMILES string of the molecule is O=C(OCc1cccc(Cl)c1)c1cccc(C(=O)OCc2cccc(Cl)c2)n1. The Kier molecular flexibility index (Phi) is 6.63. The number of nitrogens with zero attached hydrogens (tertiary/aromatic N) is 1. The van der Waals surface area contributed by atoms with Crippen LogP contribution < -0.4 is 0 Å². The highest BCUT2D eigenvalue weighted by molar-refractivity contribution is 6.30. The van der Waals surface area contributed by atoms with Gasteiger partial charge >= 0.3 is 11.9 Å². The summed E-state index contributed by atoms with van der Waals surface area (Å²) in [6.45, 7) is 0.0923. The maximum absolute atomic E-state index is 12.2. The normalized spacial score (nSPS) is 10.4. The molecule has 0 bridgehead atoms. The van der Waals surface area contributed by atoms with E-state index in [4.69, 9.17) is 32.7 Å². The van der Waals surface area contributed by atoms with Crippen molar-refractivity contribution in [2.75, 3.05) is 0 Å². The lowest BCUT2D eigenvalue weighted by Crippen LogP contribution is -2.12. The number of ether oxygens (including phenoxy) is 2. The van der Waals surface area contributed by atoms with Crippen LogP contribution in [0, 0.1) is 0 Å². The summed E-state index contributed by atoms with van der Waals surface area (Å²) in [5.74, 6) is -1.30. The van der Waals surface area contributed by atoms with Gasteiger partial charge in [0.05, 0.1) is 0 Å². The molecule has 3 rings (SSSR count). The number of pyridine rings is 1. The van der Waals surface area contributed by atoms with Crippen LogP contribution in [0.2, 0.25) is 10.0 Å². The standard InChI is InChI=1S/C21H15Cl2NO4/c22-16-6-1-4-14(10-16)12-27-20(25)18-8-3-9-19(24-18)21(26)28-13-15-5-2-7-17(23)11-15/h1-11H,12-13H2. The molecule has 0 spiro atoms. The van der Waals surface area contributed by atoms with Crippen molar-refractivity contribution in [2.24, 2.45) is 0 Å². The molecular formula is C21H15Cl2NO4. The van der Waals surface area contributed by atoms with Crippen LogP contribution in [0.3, 0.4) is 0 Å². The van der Waals surface area contributed by atoms with Crippen molar-refractivity contribution in [2.45, 2.75) is 13.2 Å². The number of hydrogen-bond acceptors (Lipinski definition) is 5. The zero-order chi connectivity index (χ0) is 19.9. The summed E-state index contributed by atoms with van der Waals surface area (Å²) in [7, 11) is 0. The predicted octanol–water partition coefficient (Wildman–Crippen LogP) is 5.10. The van der Waals surface area contributed by atoms with Crippen LogP contribution in [-0.4, -0.2) is 16.9 Å². The van der Waals surface area contributed by atoms with Gasteiger partial charge in [0.15, 0.2) is 0 Å². The van der Waals surface area contributed by atoms with Crippen molar-refractivity contribution in [3.8, 4) is 0 Å². The first-order chi connectivity index (χ1) is 13.5. The van der Waals surface area contributed by atoms with E-state index in [1.165, 1.54) is 12.1 Å². The van der Waals surface area contributed by atoms with Gasteiger partial charge < -0.3 is 9.47 Å². The molecule has 28 heavy (non-hydrogen) atoms. The molecule has 0 radical (unpaired) electrons. The molecule has 0 saturated heterocycles.